The minimum atomic E-state index is 0. The molecule has 0 aliphatic rings. The first kappa shape index (κ1) is 10.9. The minimum absolute atomic E-state index is 0. The summed E-state index contributed by atoms with van der Waals surface area (Å²) in [6, 6.07) is 17.9. The number of nitrogens with zero attached hydrogens (tertiary/aromatic N) is 2. The van der Waals surface area contributed by atoms with Gasteiger partial charge < -0.3 is 9.97 Å². The first-order valence-electron chi connectivity index (χ1n) is 4.88. The molecule has 16 heavy (non-hydrogen) atoms. The van der Waals surface area contributed by atoms with E-state index in [2.05, 4.69) is 9.97 Å². The van der Waals surface area contributed by atoms with E-state index >= 15 is 0 Å². The van der Waals surface area contributed by atoms with Crippen LogP contribution in [0.5, 0.6) is 0 Å². The van der Waals surface area contributed by atoms with Crippen molar-refractivity contribution in [3.8, 4) is 11.4 Å². The Bertz CT molecular complexity index is 554. The molecule has 0 unspecified atom stereocenters. The van der Waals surface area contributed by atoms with Crippen LogP contribution in [0.25, 0.3) is 22.4 Å². The molecule has 0 aliphatic carbocycles. The summed E-state index contributed by atoms with van der Waals surface area (Å²) in [5.74, 6) is 0.803. The molecule has 2 aromatic carbocycles. The Morgan fingerprint density at radius 2 is 1.50 bits per heavy atom. The van der Waals surface area contributed by atoms with Gasteiger partial charge in [0.05, 0.1) is 0 Å². The Morgan fingerprint density at radius 3 is 2.25 bits per heavy atom. The summed E-state index contributed by atoms with van der Waals surface area (Å²) in [4.78, 5) is 8.94. The van der Waals surface area contributed by atoms with Gasteiger partial charge in [0.1, 0.15) is 0 Å². The second kappa shape index (κ2) is 4.52. The van der Waals surface area contributed by atoms with E-state index in [0.29, 0.717) is 0 Å². The molecule has 3 rings (SSSR count). The molecule has 3 heteroatoms. The number of aromatic nitrogens is 2. The molecule has 0 atom stereocenters. The number of hydrogen-bond acceptors (Lipinski definition) is 1. The zero-order chi connectivity index (χ0) is 10.1. The smallest absolute Gasteiger partial charge is 0.435 e. The molecule has 0 fully saturated rings. The van der Waals surface area contributed by atoms with Crippen LogP contribution in [-0.2, 0) is 17.1 Å². The van der Waals surface area contributed by atoms with Gasteiger partial charge in [-0.1, -0.05) is 60.4 Å². The fourth-order valence-electron chi connectivity index (χ4n) is 1.62. The van der Waals surface area contributed by atoms with Crippen molar-refractivity contribution in [1.29, 1.82) is 0 Å². The van der Waals surface area contributed by atoms with Crippen molar-refractivity contribution in [2.24, 2.45) is 0 Å². The molecule has 0 aliphatic heterocycles. The van der Waals surface area contributed by atoms with E-state index in [-0.39, 0.29) is 17.1 Å². The number of rotatable bonds is 1. The maximum Gasteiger partial charge on any atom is 1.00 e. The van der Waals surface area contributed by atoms with Crippen LogP contribution in [0.15, 0.2) is 54.6 Å². The molecule has 0 radical (unpaired) electrons. The van der Waals surface area contributed by atoms with Gasteiger partial charge >= 0.3 is 17.1 Å². The molecule has 0 bridgehead atoms. The van der Waals surface area contributed by atoms with Crippen molar-refractivity contribution in [2.45, 2.75) is 0 Å². The van der Waals surface area contributed by atoms with Crippen molar-refractivity contribution < 1.29 is 17.1 Å². The van der Waals surface area contributed by atoms with Crippen LogP contribution in [0.2, 0.25) is 0 Å². The first-order chi connectivity index (χ1) is 7.43. The fraction of sp³-hybridized carbons (Fsp3) is 0. The zero-order valence-corrected chi connectivity index (χ0v) is 9.33. The van der Waals surface area contributed by atoms with Crippen molar-refractivity contribution in [3.05, 3.63) is 54.6 Å². The van der Waals surface area contributed by atoms with E-state index in [4.69, 9.17) is 0 Å². The Hall–Kier alpha value is -1.57. The summed E-state index contributed by atoms with van der Waals surface area (Å²) < 4.78 is 0. The molecular weight excluding hydrogens is 248 g/mol. The summed E-state index contributed by atoms with van der Waals surface area (Å²) in [7, 11) is 0. The van der Waals surface area contributed by atoms with Crippen molar-refractivity contribution in [1.82, 2.24) is 9.97 Å². The predicted octanol–water partition coefficient (Wildman–Crippen LogP) is 2.86. The van der Waals surface area contributed by atoms with E-state index in [0.717, 1.165) is 22.4 Å². The molecule has 0 spiro atoms. The predicted molar refractivity (Wildman–Crippen MR) is 60.5 cm³/mol. The summed E-state index contributed by atoms with van der Waals surface area (Å²) in [6.07, 6.45) is 0. The maximum atomic E-state index is 4.47. The average Bonchev–Trinajstić information content (AvgIpc) is 2.74. The van der Waals surface area contributed by atoms with Gasteiger partial charge in [-0.25, -0.2) is 0 Å². The van der Waals surface area contributed by atoms with E-state index in [1.807, 2.05) is 54.6 Å². The summed E-state index contributed by atoms with van der Waals surface area (Å²) >= 11 is 0. The van der Waals surface area contributed by atoms with Crippen LogP contribution in [0.3, 0.4) is 0 Å². The van der Waals surface area contributed by atoms with Crippen LogP contribution >= 0.6 is 0 Å². The second-order valence-electron chi connectivity index (χ2n) is 3.40. The number of fused-ring (bicyclic) bond motifs is 1. The Kier molecular flexibility index (Phi) is 3.09. The topological polar surface area (TPSA) is 27.0 Å². The standard InChI is InChI=1S/C13H9N2.Cu/c1-2-6-10(7-3-1)13-14-11-8-4-5-9-12(11)15-13;/h1-9H;/q-1;+1. The molecule has 0 amide bonds. The molecule has 1 heterocycles. The van der Waals surface area contributed by atoms with Crippen molar-refractivity contribution >= 4 is 11.0 Å². The number of imidazole rings is 1. The normalized spacial score (nSPS) is 10.0. The second-order valence-corrected chi connectivity index (χ2v) is 3.40. The van der Waals surface area contributed by atoms with Gasteiger partial charge in [0.2, 0.25) is 0 Å². The molecule has 3 aromatic rings. The molecule has 0 saturated carbocycles. The first-order valence-corrected chi connectivity index (χ1v) is 4.88. The fourth-order valence-corrected chi connectivity index (χ4v) is 1.62. The van der Waals surface area contributed by atoms with E-state index in [9.17, 15) is 0 Å². The number of benzene rings is 2. The average molecular weight is 257 g/mol. The van der Waals surface area contributed by atoms with Crippen LogP contribution < -0.4 is 4.98 Å². The SMILES string of the molecule is [Cu+].c1ccc(-c2nc3ccccc3[n-]2)cc1. The molecule has 0 saturated heterocycles. The van der Waals surface area contributed by atoms with Gasteiger partial charge in [0.15, 0.2) is 0 Å². The Morgan fingerprint density at radius 1 is 0.812 bits per heavy atom. The van der Waals surface area contributed by atoms with Gasteiger partial charge in [0, 0.05) is 0 Å². The third-order valence-electron chi connectivity index (χ3n) is 2.37. The quantitative estimate of drug-likeness (QED) is 0.626. The van der Waals surface area contributed by atoms with E-state index < -0.39 is 0 Å². The summed E-state index contributed by atoms with van der Waals surface area (Å²) in [5.41, 5.74) is 2.97. The molecular formula is C13H9CuN2. The van der Waals surface area contributed by atoms with Crippen LogP contribution in [0.4, 0.5) is 0 Å². The zero-order valence-electron chi connectivity index (χ0n) is 8.39. The van der Waals surface area contributed by atoms with Gasteiger partial charge in [-0.15, -0.1) is 0 Å². The molecule has 1 aromatic heterocycles. The minimum Gasteiger partial charge on any atom is -0.435 e. The summed E-state index contributed by atoms with van der Waals surface area (Å²) in [5, 5.41) is 0. The van der Waals surface area contributed by atoms with Crippen LogP contribution in [-0.4, -0.2) is 4.98 Å². The van der Waals surface area contributed by atoms with Crippen LogP contribution in [0.1, 0.15) is 0 Å². The molecule has 82 valence electrons. The van der Waals surface area contributed by atoms with Gasteiger partial charge in [-0.3, -0.25) is 0 Å². The number of para-hydroxylation sites is 2. The maximum absolute atomic E-state index is 4.47. The van der Waals surface area contributed by atoms with Crippen molar-refractivity contribution in [2.75, 3.05) is 0 Å². The molecule has 0 N–H and O–H groups in total. The Labute approximate surface area is 104 Å². The van der Waals surface area contributed by atoms with E-state index in [1.54, 1.807) is 0 Å². The van der Waals surface area contributed by atoms with Crippen molar-refractivity contribution in [3.63, 3.8) is 0 Å². The van der Waals surface area contributed by atoms with Crippen LogP contribution in [0, 0.1) is 0 Å². The van der Waals surface area contributed by atoms with Gasteiger partial charge in [0.25, 0.3) is 0 Å². The largest absolute Gasteiger partial charge is 1.00 e. The van der Waals surface area contributed by atoms with Gasteiger partial charge in [-0.05, 0) is 16.6 Å². The van der Waals surface area contributed by atoms with E-state index in [1.165, 1.54) is 0 Å². The number of hydrogen-bond donors (Lipinski definition) is 0. The monoisotopic (exact) mass is 256 g/mol. The third-order valence-corrected chi connectivity index (χ3v) is 2.37. The summed E-state index contributed by atoms with van der Waals surface area (Å²) in [6.45, 7) is 0. The third kappa shape index (κ3) is 1.87. The Balaban J connectivity index is 0.000000963. The molecule has 2 nitrogen and oxygen atoms in total. The van der Waals surface area contributed by atoms with Gasteiger partial charge in [-0.2, -0.15) is 0 Å².